The molecule has 3 aromatic rings. The number of rotatable bonds is 4. The van der Waals surface area contributed by atoms with Crippen LogP contribution in [-0.4, -0.2) is 51.4 Å². The van der Waals surface area contributed by atoms with E-state index in [2.05, 4.69) is 48.6 Å². The Labute approximate surface area is 200 Å². The molecule has 1 atom stereocenters. The highest BCUT2D eigenvalue weighted by molar-refractivity contribution is 9.10. The van der Waals surface area contributed by atoms with Gasteiger partial charge in [-0.25, -0.2) is 9.78 Å². The lowest BCUT2D eigenvalue weighted by atomic mass is 9.83. The van der Waals surface area contributed by atoms with Crippen molar-refractivity contribution in [1.82, 2.24) is 20.1 Å². The first-order valence-corrected chi connectivity index (χ1v) is 11.7. The molecule has 0 aliphatic carbocycles. The maximum absolute atomic E-state index is 12.5. The largest absolute Gasteiger partial charge is 0.439 e. The van der Waals surface area contributed by atoms with Gasteiger partial charge >= 0.3 is 6.03 Å². The number of benzene rings is 1. The number of anilines is 1. The van der Waals surface area contributed by atoms with Crippen molar-refractivity contribution < 1.29 is 14.3 Å². The number of nitrogens with zero attached hydrogens (tertiary/aromatic N) is 4. The van der Waals surface area contributed by atoms with Crippen LogP contribution in [0.2, 0.25) is 0 Å². The summed E-state index contributed by atoms with van der Waals surface area (Å²) in [5.41, 5.74) is 1.02. The first-order valence-electron chi connectivity index (χ1n) is 11.0. The number of pyridine rings is 1. The second kappa shape index (κ2) is 9.44. The lowest BCUT2D eigenvalue weighted by Crippen LogP contribution is -2.47. The van der Waals surface area contributed by atoms with Gasteiger partial charge in [-0.05, 0) is 71.1 Å². The summed E-state index contributed by atoms with van der Waals surface area (Å²) < 4.78 is 13.2. The fraction of sp³-hybridized carbons (Fsp3) is 0.333. The Balaban J connectivity index is 1.18. The summed E-state index contributed by atoms with van der Waals surface area (Å²) in [7, 11) is 0. The molecule has 4 heterocycles. The highest BCUT2D eigenvalue weighted by atomic mass is 79.9. The zero-order valence-corrected chi connectivity index (χ0v) is 19.6. The van der Waals surface area contributed by atoms with E-state index in [4.69, 9.17) is 9.47 Å². The van der Waals surface area contributed by atoms with Crippen LogP contribution in [0.3, 0.4) is 0 Å². The number of piperidine rings is 1. The first kappa shape index (κ1) is 21.8. The van der Waals surface area contributed by atoms with Gasteiger partial charge < -0.3 is 14.4 Å². The minimum Gasteiger partial charge on any atom is -0.439 e. The average Bonchev–Trinajstić information content (AvgIpc) is 3.25. The molecule has 2 saturated heterocycles. The smallest absolute Gasteiger partial charge is 0.323 e. The number of hydrogen-bond acceptors (Lipinski definition) is 6. The van der Waals surface area contributed by atoms with E-state index < -0.39 is 0 Å². The number of urea groups is 1. The summed E-state index contributed by atoms with van der Waals surface area (Å²) in [5.74, 6) is 2.08. The van der Waals surface area contributed by atoms with E-state index in [1.165, 1.54) is 5.56 Å². The van der Waals surface area contributed by atoms with E-state index in [0.717, 1.165) is 29.5 Å². The summed E-state index contributed by atoms with van der Waals surface area (Å²) in [5, 5.41) is 10.5. The van der Waals surface area contributed by atoms with Gasteiger partial charge in [0.25, 0.3) is 0 Å². The lowest BCUT2D eigenvalue weighted by molar-refractivity contribution is -0.0355. The van der Waals surface area contributed by atoms with Crippen LogP contribution >= 0.6 is 15.9 Å². The Kier molecular flexibility index (Phi) is 6.24. The summed E-state index contributed by atoms with van der Waals surface area (Å²) in [6.45, 7) is 1.97. The van der Waals surface area contributed by atoms with Crippen molar-refractivity contribution >= 4 is 27.8 Å². The van der Waals surface area contributed by atoms with Crippen molar-refractivity contribution in [1.29, 1.82) is 0 Å². The molecule has 2 fully saturated rings. The molecule has 2 amide bonds. The molecule has 170 valence electrons. The highest BCUT2D eigenvalue weighted by Gasteiger charge is 2.43. The third-order valence-corrected chi connectivity index (χ3v) is 6.70. The van der Waals surface area contributed by atoms with E-state index in [0.29, 0.717) is 37.3 Å². The molecular formula is C24H24BrN5O3. The van der Waals surface area contributed by atoms with Crippen LogP contribution in [0.1, 0.15) is 30.7 Å². The Morgan fingerprint density at radius 2 is 2.06 bits per heavy atom. The molecule has 0 bridgehead atoms. The molecule has 2 aliphatic rings. The zero-order chi connectivity index (χ0) is 22.7. The van der Waals surface area contributed by atoms with Crippen molar-refractivity contribution in [3.05, 3.63) is 71.0 Å². The molecule has 0 unspecified atom stereocenters. The number of aromatic nitrogens is 3. The second-order valence-electron chi connectivity index (χ2n) is 8.41. The molecular weight excluding hydrogens is 486 g/mol. The minimum atomic E-state index is -0.182. The van der Waals surface area contributed by atoms with E-state index in [9.17, 15) is 4.79 Å². The Morgan fingerprint density at radius 3 is 2.82 bits per heavy atom. The van der Waals surface area contributed by atoms with Crippen molar-refractivity contribution in [2.75, 3.05) is 25.0 Å². The molecule has 1 spiro atoms. The van der Waals surface area contributed by atoms with Crippen molar-refractivity contribution in [2.24, 2.45) is 0 Å². The van der Waals surface area contributed by atoms with Crippen LogP contribution in [0, 0.1) is 0 Å². The molecule has 9 heteroatoms. The standard InChI is InChI=1S/C24H24BrN5O3/c25-19-6-7-22(26-15-19)33-20-4-1-3-17(13-20)18-14-24(32-16-18)8-11-30(12-9-24)23(31)28-21-5-2-10-27-29-21/h1-7,10,13,15,18H,8-9,11-12,14,16H2,(H,28,29,31)/t18-/m0/s1. The maximum atomic E-state index is 12.5. The molecule has 5 rings (SSSR count). The topological polar surface area (TPSA) is 89.5 Å². The van der Waals surface area contributed by atoms with Gasteiger partial charge in [-0.15, -0.1) is 5.10 Å². The van der Waals surface area contributed by atoms with E-state index in [-0.39, 0.29) is 11.6 Å². The quantitative estimate of drug-likeness (QED) is 0.532. The van der Waals surface area contributed by atoms with Crippen LogP contribution in [0.25, 0.3) is 0 Å². The SMILES string of the molecule is O=C(Nc1cccnn1)N1CCC2(CC1)C[C@H](c1cccc(Oc3ccc(Br)cn3)c1)CO2. The van der Waals surface area contributed by atoms with Gasteiger partial charge in [0.2, 0.25) is 5.88 Å². The third-order valence-electron chi connectivity index (χ3n) is 6.23. The molecule has 2 aliphatic heterocycles. The van der Waals surface area contributed by atoms with Crippen molar-refractivity contribution in [2.45, 2.75) is 30.8 Å². The first-order chi connectivity index (χ1) is 16.1. The van der Waals surface area contributed by atoms with E-state index in [1.807, 2.05) is 29.2 Å². The molecule has 1 aromatic carbocycles. The molecule has 0 radical (unpaired) electrons. The number of hydrogen-bond donors (Lipinski definition) is 1. The Hall–Kier alpha value is -3.04. The summed E-state index contributed by atoms with van der Waals surface area (Å²) >= 11 is 3.39. The monoisotopic (exact) mass is 509 g/mol. The second-order valence-corrected chi connectivity index (χ2v) is 9.33. The number of likely N-dealkylation sites (tertiary alicyclic amines) is 1. The third kappa shape index (κ3) is 5.15. The summed E-state index contributed by atoms with van der Waals surface area (Å²) in [6.07, 6.45) is 5.86. The minimum absolute atomic E-state index is 0.147. The Morgan fingerprint density at radius 1 is 1.18 bits per heavy atom. The van der Waals surface area contributed by atoms with Crippen LogP contribution in [0.4, 0.5) is 10.6 Å². The molecule has 33 heavy (non-hydrogen) atoms. The number of halogens is 1. The summed E-state index contributed by atoms with van der Waals surface area (Å²) in [4.78, 5) is 18.6. The Bertz CT molecular complexity index is 1100. The normalized spacial score (nSPS) is 19.4. The van der Waals surface area contributed by atoms with Crippen LogP contribution in [-0.2, 0) is 4.74 Å². The van der Waals surface area contributed by atoms with E-state index >= 15 is 0 Å². The fourth-order valence-corrected chi connectivity index (χ4v) is 4.69. The van der Waals surface area contributed by atoms with Gasteiger partial charge in [-0.3, -0.25) is 5.32 Å². The lowest BCUT2D eigenvalue weighted by Gasteiger charge is -2.38. The average molecular weight is 510 g/mol. The van der Waals surface area contributed by atoms with Gasteiger partial charge in [0.05, 0.1) is 12.2 Å². The fourth-order valence-electron chi connectivity index (χ4n) is 4.46. The number of amides is 2. The predicted molar refractivity (Wildman–Crippen MR) is 126 cm³/mol. The van der Waals surface area contributed by atoms with Crippen LogP contribution < -0.4 is 10.1 Å². The zero-order valence-electron chi connectivity index (χ0n) is 18.0. The number of carbonyl (C=O) groups is 1. The van der Waals surface area contributed by atoms with Crippen molar-refractivity contribution in [3.8, 4) is 11.6 Å². The molecule has 8 nitrogen and oxygen atoms in total. The van der Waals surface area contributed by atoms with E-state index in [1.54, 1.807) is 24.5 Å². The van der Waals surface area contributed by atoms with Gasteiger partial charge in [0, 0.05) is 41.9 Å². The van der Waals surface area contributed by atoms with Gasteiger partial charge in [-0.2, -0.15) is 5.10 Å². The van der Waals surface area contributed by atoms with Crippen LogP contribution in [0.5, 0.6) is 11.6 Å². The molecule has 0 saturated carbocycles. The molecule has 1 N–H and O–H groups in total. The number of ether oxygens (including phenoxy) is 2. The van der Waals surface area contributed by atoms with Gasteiger partial charge in [-0.1, -0.05) is 12.1 Å². The maximum Gasteiger partial charge on any atom is 0.323 e. The number of nitrogens with one attached hydrogen (secondary N) is 1. The highest BCUT2D eigenvalue weighted by Crippen LogP contribution is 2.43. The number of carbonyl (C=O) groups excluding carboxylic acids is 1. The molecule has 2 aromatic heterocycles. The summed E-state index contributed by atoms with van der Waals surface area (Å²) in [6, 6.07) is 15.2. The van der Waals surface area contributed by atoms with Crippen molar-refractivity contribution in [3.63, 3.8) is 0 Å². The predicted octanol–water partition coefficient (Wildman–Crippen LogP) is 5.00. The van der Waals surface area contributed by atoms with Gasteiger partial charge in [0.1, 0.15) is 5.75 Å². The van der Waals surface area contributed by atoms with Crippen LogP contribution in [0.15, 0.2) is 65.4 Å². The van der Waals surface area contributed by atoms with Gasteiger partial charge in [0.15, 0.2) is 5.82 Å².